The number of aliphatic hydroxyl groups excluding tert-OH is 6. The van der Waals surface area contributed by atoms with Gasteiger partial charge < -0.3 is 30.6 Å². The number of rotatable bonds is 7. The Hall–Kier alpha value is -0.240. The second kappa shape index (κ2) is 9.67. The van der Waals surface area contributed by atoms with Crippen LogP contribution in [-0.2, 0) is 0 Å². The third-order valence-corrected chi connectivity index (χ3v) is 11.5. The van der Waals surface area contributed by atoms with E-state index in [2.05, 4.69) is 20.8 Å². The predicted octanol–water partition coefficient (Wildman–Crippen LogP) is 2.33. The van der Waals surface area contributed by atoms with Gasteiger partial charge in [-0.15, -0.1) is 0 Å². The van der Waals surface area contributed by atoms with Gasteiger partial charge in [0, 0.05) is 5.92 Å². The van der Waals surface area contributed by atoms with E-state index in [0.29, 0.717) is 36.0 Å². The molecular formula is C27H48O6. The van der Waals surface area contributed by atoms with Crippen LogP contribution in [0, 0.1) is 52.3 Å². The molecule has 4 aliphatic rings. The summed E-state index contributed by atoms with van der Waals surface area (Å²) in [7, 11) is 0. The maximum absolute atomic E-state index is 11.6. The van der Waals surface area contributed by atoms with Crippen molar-refractivity contribution in [3.63, 3.8) is 0 Å². The molecule has 6 nitrogen and oxygen atoms in total. The molecule has 0 aromatic carbocycles. The highest BCUT2D eigenvalue weighted by atomic mass is 16.3. The molecule has 0 amide bonds. The van der Waals surface area contributed by atoms with Crippen LogP contribution in [0.2, 0.25) is 0 Å². The molecule has 0 radical (unpaired) electrons. The molecule has 0 aromatic heterocycles. The van der Waals surface area contributed by atoms with Gasteiger partial charge in [-0.3, -0.25) is 0 Å². The van der Waals surface area contributed by atoms with Crippen LogP contribution in [0.4, 0.5) is 0 Å². The van der Waals surface area contributed by atoms with Crippen molar-refractivity contribution in [2.75, 3.05) is 13.2 Å². The minimum absolute atomic E-state index is 0.0862. The lowest BCUT2D eigenvalue weighted by Crippen LogP contribution is -2.62. The lowest BCUT2D eigenvalue weighted by Gasteiger charge is -2.63. The molecular weight excluding hydrogens is 420 g/mol. The second-order valence-corrected chi connectivity index (χ2v) is 12.8. The largest absolute Gasteiger partial charge is 0.396 e. The molecule has 0 saturated heterocycles. The van der Waals surface area contributed by atoms with E-state index in [9.17, 15) is 30.6 Å². The lowest BCUT2D eigenvalue weighted by molar-refractivity contribution is -0.207. The first-order chi connectivity index (χ1) is 15.6. The standard InChI is InChI=1S/C27H48O6/c1-15(4-7-22(31)16(13-28)14-29)19-5-6-20-25-21(12-24(33)27(19,20)3)26(2)9-8-18(30)10-17(26)11-23(25)32/h15-25,28-33H,4-14H2,1-3H3/t15-,17?,18?,19-,20+,21+,22?,23?,24?,25+,26+,27-/m1/s1. The first-order valence-electron chi connectivity index (χ1n) is 13.5. The maximum atomic E-state index is 11.6. The van der Waals surface area contributed by atoms with Crippen LogP contribution in [0.25, 0.3) is 0 Å². The molecule has 12 atom stereocenters. The van der Waals surface area contributed by atoms with Gasteiger partial charge in [0.15, 0.2) is 0 Å². The van der Waals surface area contributed by atoms with Crippen LogP contribution in [0.15, 0.2) is 0 Å². The Bertz CT molecular complexity index is 669. The Balaban J connectivity index is 1.51. The van der Waals surface area contributed by atoms with Crippen LogP contribution in [0.1, 0.15) is 78.6 Å². The molecule has 0 heterocycles. The van der Waals surface area contributed by atoms with E-state index in [0.717, 1.165) is 51.4 Å². The monoisotopic (exact) mass is 468 g/mol. The van der Waals surface area contributed by atoms with Gasteiger partial charge in [-0.2, -0.15) is 0 Å². The molecule has 0 aliphatic heterocycles. The topological polar surface area (TPSA) is 121 Å². The van der Waals surface area contributed by atoms with Crippen LogP contribution in [0.3, 0.4) is 0 Å². The van der Waals surface area contributed by atoms with Crippen LogP contribution >= 0.6 is 0 Å². The van der Waals surface area contributed by atoms with Gasteiger partial charge in [-0.05, 0) is 104 Å². The number of hydrogen-bond donors (Lipinski definition) is 6. The molecule has 192 valence electrons. The zero-order valence-corrected chi connectivity index (χ0v) is 20.8. The molecule has 4 aliphatic carbocycles. The highest BCUT2D eigenvalue weighted by Crippen LogP contribution is 2.68. The average Bonchev–Trinajstić information content (AvgIpc) is 3.13. The summed E-state index contributed by atoms with van der Waals surface area (Å²) in [4.78, 5) is 0. The zero-order chi connectivity index (χ0) is 24.1. The Kier molecular flexibility index (Phi) is 7.57. The second-order valence-electron chi connectivity index (χ2n) is 12.8. The molecule has 0 aromatic rings. The summed E-state index contributed by atoms with van der Waals surface area (Å²) in [6, 6.07) is 0. The van der Waals surface area contributed by atoms with Crippen molar-refractivity contribution >= 4 is 0 Å². The molecule has 0 spiro atoms. The van der Waals surface area contributed by atoms with E-state index in [1.165, 1.54) is 0 Å². The van der Waals surface area contributed by atoms with Gasteiger partial charge in [0.1, 0.15) is 0 Å². The van der Waals surface area contributed by atoms with Crippen molar-refractivity contribution in [3.05, 3.63) is 0 Å². The third-order valence-electron chi connectivity index (χ3n) is 11.5. The fourth-order valence-corrected chi connectivity index (χ4v) is 9.30. The molecule has 6 N–H and O–H groups in total. The Morgan fingerprint density at radius 2 is 1.58 bits per heavy atom. The van der Waals surface area contributed by atoms with Gasteiger partial charge in [-0.1, -0.05) is 20.8 Å². The van der Waals surface area contributed by atoms with Crippen LogP contribution in [0.5, 0.6) is 0 Å². The molecule has 5 unspecified atom stereocenters. The Morgan fingerprint density at radius 3 is 2.24 bits per heavy atom. The molecule has 4 rings (SSSR count). The molecule has 0 bridgehead atoms. The summed E-state index contributed by atoms with van der Waals surface area (Å²) in [5, 5.41) is 62.4. The summed E-state index contributed by atoms with van der Waals surface area (Å²) in [6.07, 6.45) is 5.77. The highest BCUT2D eigenvalue weighted by Gasteiger charge is 2.65. The van der Waals surface area contributed by atoms with E-state index in [-0.39, 0.29) is 42.2 Å². The van der Waals surface area contributed by atoms with Gasteiger partial charge >= 0.3 is 0 Å². The third kappa shape index (κ3) is 4.21. The van der Waals surface area contributed by atoms with Crippen molar-refractivity contribution < 1.29 is 30.6 Å². The molecule has 4 saturated carbocycles. The summed E-state index contributed by atoms with van der Waals surface area (Å²) in [5.41, 5.74) is -0.153. The number of fused-ring (bicyclic) bond motifs is 5. The lowest BCUT2D eigenvalue weighted by atomic mass is 9.43. The quantitative estimate of drug-likeness (QED) is 0.341. The van der Waals surface area contributed by atoms with Gasteiger partial charge in [-0.25, -0.2) is 0 Å². The van der Waals surface area contributed by atoms with Crippen molar-refractivity contribution in [2.24, 2.45) is 52.3 Å². The number of hydrogen-bond acceptors (Lipinski definition) is 6. The summed E-state index contributed by atoms with van der Waals surface area (Å²) < 4.78 is 0. The van der Waals surface area contributed by atoms with E-state index < -0.39 is 18.1 Å². The van der Waals surface area contributed by atoms with Gasteiger partial charge in [0.25, 0.3) is 0 Å². The summed E-state index contributed by atoms with van der Waals surface area (Å²) >= 11 is 0. The van der Waals surface area contributed by atoms with Crippen molar-refractivity contribution in [2.45, 2.75) is 103 Å². The molecule has 4 fully saturated rings. The minimum Gasteiger partial charge on any atom is -0.396 e. The van der Waals surface area contributed by atoms with Gasteiger partial charge in [0.05, 0.1) is 37.6 Å². The van der Waals surface area contributed by atoms with Crippen LogP contribution < -0.4 is 0 Å². The molecule has 33 heavy (non-hydrogen) atoms. The first-order valence-corrected chi connectivity index (χ1v) is 13.5. The van der Waals surface area contributed by atoms with Crippen LogP contribution in [-0.4, -0.2) is 68.3 Å². The molecule has 6 heteroatoms. The van der Waals surface area contributed by atoms with E-state index >= 15 is 0 Å². The number of aliphatic hydroxyl groups is 6. The van der Waals surface area contributed by atoms with E-state index in [4.69, 9.17) is 0 Å². The van der Waals surface area contributed by atoms with E-state index in [1.54, 1.807) is 0 Å². The SMILES string of the molecule is C[C@H](CCC(O)C(CO)CO)[C@H]1CC[C@H]2[C@@H]3C(O)CC4CC(O)CC[C@]4(C)[C@H]3CC(O)[C@]12C. The Morgan fingerprint density at radius 1 is 0.879 bits per heavy atom. The smallest absolute Gasteiger partial charge is 0.0612 e. The van der Waals surface area contributed by atoms with Gasteiger partial charge in [0.2, 0.25) is 0 Å². The summed E-state index contributed by atoms with van der Waals surface area (Å²) in [5.74, 6) is 1.29. The fraction of sp³-hybridized carbons (Fsp3) is 1.00. The normalized spacial score (nSPS) is 49.3. The summed E-state index contributed by atoms with van der Waals surface area (Å²) in [6.45, 7) is 6.39. The average molecular weight is 469 g/mol. The predicted molar refractivity (Wildman–Crippen MR) is 126 cm³/mol. The first kappa shape index (κ1) is 25.8. The van der Waals surface area contributed by atoms with E-state index in [1.807, 2.05) is 0 Å². The minimum atomic E-state index is -0.716. The zero-order valence-electron chi connectivity index (χ0n) is 20.8. The fourth-order valence-electron chi connectivity index (χ4n) is 9.30. The van der Waals surface area contributed by atoms with Crippen molar-refractivity contribution in [1.29, 1.82) is 0 Å². The van der Waals surface area contributed by atoms with Crippen molar-refractivity contribution in [3.8, 4) is 0 Å². The Labute approximate surface area is 199 Å². The highest BCUT2D eigenvalue weighted by molar-refractivity contribution is 5.14. The maximum Gasteiger partial charge on any atom is 0.0612 e. The van der Waals surface area contributed by atoms with Crippen molar-refractivity contribution in [1.82, 2.24) is 0 Å².